The fraction of sp³-hybridized carbons (Fsp3) is 0.370. The second kappa shape index (κ2) is 13.4. The minimum absolute atomic E-state index is 0.251. The summed E-state index contributed by atoms with van der Waals surface area (Å²) >= 11 is 0. The summed E-state index contributed by atoms with van der Waals surface area (Å²) in [4.78, 5) is 59.8. The monoisotopic (exact) mass is 543 g/mol. The van der Waals surface area contributed by atoms with Gasteiger partial charge in [-0.15, -0.1) is 0 Å². The van der Waals surface area contributed by atoms with Gasteiger partial charge < -0.3 is 33.4 Å². The number of esters is 3. The van der Waals surface area contributed by atoms with Gasteiger partial charge in [0.2, 0.25) is 12.2 Å². The topological polar surface area (TPSA) is 157 Å². The molecule has 12 heteroatoms. The van der Waals surface area contributed by atoms with Gasteiger partial charge in [-0.05, 0) is 48.6 Å². The average Bonchev–Trinajstić information content (AvgIpc) is 3.38. The number of ketones is 1. The molecule has 0 unspecified atom stereocenters. The van der Waals surface area contributed by atoms with Gasteiger partial charge in [0.05, 0.1) is 6.26 Å². The molecule has 1 aliphatic rings. The molecule has 0 radical (unpaired) electrons. The van der Waals surface area contributed by atoms with Crippen molar-refractivity contribution in [1.29, 1.82) is 0 Å². The molecule has 1 fully saturated rings. The van der Waals surface area contributed by atoms with E-state index in [4.69, 9.17) is 28.1 Å². The highest BCUT2D eigenvalue weighted by Gasteiger charge is 2.51. The number of carbonyl (C=O) groups excluding carboxylic acids is 5. The van der Waals surface area contributed by atoms with Gasteiger partial charge in [0, 0.05) is 33.3 Å². The summed E-state index contributed by atoms with van der Waals surface area (Å²) < 4.78 is 33.0. The number of ether oxygens (including phenoxy) is 5. The average molecular weight is 544 g/mol. The minimum atomic E-state index is -1.27. The van der Waals surface area contributed by atoms with Gasteiger partial charge in [0.15, 0.2) is 18.0 Å². The number of rotatable bonds is 10. The minimum Gasteiger partial charge on any atom is -0.465 e. The van der Waals surface area contributed by atoms with E-state index in [9.17, 15) is 24.0 Å². The number of hydrogen-bond donors (Lipinski definition) is 1. The van der Waals surface area contributed by atoms with E-state index in [2.05, 4.69) is 5.32 Å². The Morgan fingerprint density at radius 2 is 1.56 bits per heavy atom. The number of hydrogen-bond acceptors (Lipinski definition) is 11. The van der Waals surface area contributed by atoms with Crippen LogP contribution in [0.5, 0.6) is 5.75 Å². The first-order chi connectivity index (χ1) is 18.5. The first-order valence-electron chi connectivity index (χ1n) is 12.0. The van der Waals surface area contributed by atoms with E-state index in [0.29, 0.717) is 11.3 Å². The molecule has 1 N–H and O–H groups in total. The maximum Gasteiger partial charge on any atom is 0.303 e. The van der Waals surface area contributed by atoms with Crippen molar-refractivity contribution >= 4 is 35.7 Å². The molecular weight excluding hydrogens is 514 g/mol. The molecule has 0 bridgehead atoms. The van der Waals surface area contributed by atoms with Crippen molar-refractivity contribution in [2.75, 3.05) is 6.61 Å². The molecule has 3 rings (SSSR count). The highest BCUT2D eigenvalue weighted by molar-refractivity contribution is 6.06. The molecule has 0 aliphatic carbocycles. The molecule has 1 amide bonds. The Morgan fingerprint density at radius 1 is 0.897 bits per heavy atom. The van der Waals surface area contributed by atoms with Crippen LogP contribution in [0.3, 0.4) is 0 Å². The summed E-state index contributed by atoms with van der Waals surface area (Å²) in [6.07, 6.45) is -0.459. The molecule has 0 saturated carbocycles. The van der Waals surface area contributed by atoms with Crippen LogP contribution in [0, 0.1) is 0 Å². The van der Waals surface area contributed by atoms with Crippen molar-refractivity contribution in [3.8, 4) is 5.75 Å². The second-order valence-corrected chi connectivity index (χ2v) is 8.58. The molecule has 1 aliphatic heterocycles. The van der Waals surface area contributed by atoms with E-state index in [-0.39, 0.29) is 18.1 Å². The van der Waals surface area contributed by atoms with Gasteiger partial charge >= 0.3 is 17.9 Å². The Balaban J connectivity index is 1.86. The highest BCUT2D eigenvalue weighted by Crippen LogP contribution is 2.29. The first-order valence-corrected chi connectivity index (χ1v) is 12.0. The van der Waals surface area contributed by atoms with Crippen LogP contribution < -0.4 is 10.1 Å². The summed E-state index contributed by atoms with van der Waals surface area (Å²) in [6.45, 7) is 4.37. The van der Waals surface area contributed by atoms with Gasteiger partial charge in [0.25, 0.3) is 0 Å². The van der Waals surface area contributed by atoms with Crippen LogP contribution in [0.2, 0.25) is 0 Å². The van der Waals surface area contributed by atoms with Gasteiger partial charge in [-0.3, -0.25) is 24.0 Å². The van der Waals surface area contributed by atoms with Crippen LogP contribution in [0.25, 0.3) is 6.08 Å². The van der Waals surface area contributed by atoms with E-state index in [1.54, 1.807) is 18.2 Å². The van der Waals surface area contributed by atoms with Crippen molar-refractivity contribution in [1.82, 2.24) is 5.32 Å². The van der Waals surface area contributed by atoms with Crippen molar-refractivity contribution in [3.63, 3.8) is 0 Å². The quantitative estimate of drug-likeness (QED) is 0.203. The standard InChI is InChI=1S/C27H29NO11/c1-15(29)28-24-26(37-18(4)32)25(36-17(3)31)23(14-35-16(2)30)39-27(24)38-21-9-7-19(8-10-21)22(33)12-11-20-6-5-13-34-20/h5-13,23-27H,14H2,1-4H3,(H,28,29)/b12-11+/t23-,24+,25+,26+,27-/m1/s1. The summed E-state index contributed by atoms with van der Waals surface area (Å²) in [5.74, 6) is -2.05. The van der Waals surface area contributed by atoms with E-state index in [0.717, 1.165) is 13.8 Å². The van der Waals surface area contributed by atoms with Crippen LogP contribution in [-0.2, 0) is 38.1 Å². The summed E-state index contributed by atoms with van der Waals surface area (Å²) in [5.41, 5.74) is 0.369. The predicted molar refractivity (Wildman–Crippen MR) is 133 cm³/mol. The Kier molecular flexibility index (Phi) is 9.98. The Hall–Kier alpha value is -4.45. The molecule has 12 nitrogen and oxygen atoms in total. The molecule has 2 aromatic rings. The number of benzene rings is 1. The van der Waals surface area contributed by atoms with Gasteiger partial charge in [-0.1, -0.05) is 0 Å². The number of furan rings is 1. The van der Waals surface area contributed by atoms with E-state index in [1.165, 1.54) is 50.5 Å². The fourth-order valence-electron chi connectivity index (χ4n) is 3.86. The number of amides is 1. The lowest BCUT2D eigenvalue weighted by atomic mass is 9.96. The highest BCUT2D eigenvalue weighted by atomic mass is 16.7. The maximum absolute atomic E-state index is 12.5. The Labute approximate surface area is 224 Å². The van der Waals surface area contributed by atoms with Gasteiger partial charge in [0.1, 0.15) is 30.3 Å². The van der Waals surface area contributed by atoms with Crippen molar-refractivity contribution < 1.29 is 52.1 Å². The van der Waals surface area contributed by atoms with E-state index >= 15 is 0 Å². The summed E-state index contributed by atoms with van der Waals surface area (Å²) in [5, 5.41) is 2.62. The van der Waals surface area contributed by atoms with Crippen LogP contribution in [0.4, 0.5) is 0 Å². The van der Waals surface area contributed by atoms with E-state index < -0.39 is 54.5 Å². The normalized spacial score (nSPS) is 22.5. The molecule has 1 aromatic heterocycles. The fourth-order valence-corrected chi connectivity index (χ4v) is 3.86. The summed E-state index contributed by atoms with van der Waals surface area (Å²) in [6, 6.07) is 8.38. The lowest BCUT2D eigenvalue weighted by Gasteiger charge is -2.44. The third kappa shape index (κ3) is 8.54. The number of nitrogens with one attached hydrogen (secondary N) is 1. The molecule has 1 saturated heterocycles. The molecule has 0 spiro atoms. The zero-order valence-corrected chi connectivity index (χ0v) is 21.8. The first kappa shape index (κ1) is 29.1. The smallest absolute Gasteiger partial charge is 0.303 e. The van der Waals surface area contributed by atoms with Gasteiger partial charge in [-0.2, -0.15) is 0 Å². The van der Waals surface area contributed by atoms with Crippen molar-refractivity contribution in [2.45, 2.75) is 58.3 Å². The summed E-state index contributed by atoms with van der Waals surface area (Å²) in [7, 11) is 0. The molecule has 39 heavy (non-hydrogen) atoms. The van der Waals surface area contributed by atoms with Crippen molar-refractivity contribution in [3.05, 3.63) is 60.1 Å². The lowest BCUT2D eigenvalue weighted by Crippen LogP contribution is -2.67. The van der Waals surface area contributed by atoms with Crippen molar-refractivity contribution in [2.24, 2.45) is 0 Å². The molecule has 5 atom stereocenters. The molecule has 1 aromatic carbocycles. The zero-order chi connectivity index (χ0) is 28.5. The number of carbonyl (C=O) groups is 5. The molecular formula is C27H29NO11. The number of allylic oxidation sites excluding steroid dienone is 1. The molecule has 2 heterocycles. The van der Waals surface area contributed by atoms with Crippen LogP contribution in [-0.4, -0.2) is 66.8 Å². The van der Waals surface area contributed by atoms with E-state index in [1.807, 2.05) is 0 Å². The van der Waals surface area contributed by atoms with Crippen LogP contribution >= 0.6 is 0 Å². The predicted octanol–water partition coefficient (Wildman–Crippen LogP) is 2.21. The zero-order valence-electron chi connectivity index (χ0n) is 21.8. The van der Waals surface area contributed by atoms with Gasteiger partial charge in [-0.25, -0.2) is 0 Å². The Morgan fingerprint density at radius 3 is 2.13 bits per heavy atom. The Bertz CT molecular complexity index is 1200. The lowest BCUT2D eigenvalue weighted by molar-refractivity contribution is -0.257. The SMILES string of the molecule is CC(=O)N[C@@H]1[C@H](Oc2ccc(C(=O)/C=C/c3ccco3)cc2)O[C@H](COC(C)=O)[C@H](OC(C)=O)[C@H]1OC(C)=O. The largest absolute Gasteiger partial charge is 0.465 e. The maximum atomic E-state index is 12.5. The molecule has 208 valence electrons. The second-order valence-electron chi connectivity index (χ2n) is 8.58. The van der Waals surface area contributed by atoms with Crippen LogP contribution in [0.15, 0.2) is 53.2 Å². The van der Waals surface area contributed by atoms with Crippen LogP contribution in [0.1, 0.15) is 43.8 Å². The third-order valence-corrected chi connectivity index (χ3v) is 5.40. The third-order valence-electron chi connectivity index (χ3n) is 5.40.